The Bertz CT molecular complexity index is 774. The molecule has 132 valence electrons. The predicted octanol–water partition coefficient (Wildman–Crippen LogP) is 2.78. The standard InChI is InChI=1S/C17H15F2NO5/c1-23-13-3-4-14(17(22)24-2)15(8-13)25-9-16(21)20-12-6-10(18)5-11(19)7-12/h3-8H,9H2,1-2H3,(H,20,21). The SMILES string of the molecule is COC(=O)c1ccc(OC)cc1OCC(=O)Nc1cc(F)cc(F)c1. The number of anilines is 1. The Morgan fingerprint density at radius 3 is 2.32 bits per heavy atom. The molecule has 6 nitrogen and oxygen atoms in total. The van der Waals surface area contributed by atoms with Crippen molar-refractivity contribution in [3.05, 3.63) is 53.6 Å². The molecule has 8 heteroatoms. The van der Waals surface area contributed by atoms with Crippen molar-refractivity contribution in [1.29, 1.82) is 0 Å². The zero-order valence-electron chi connectivity index (χ0n) is 13.5. The molecule has 0 spiro atoms. The van der Waals surface area contributed by atoms with Crippen molar-refractivity contribution >= 4 is 17.6 Å². The third-order valence-corrected chi connectivity index (χ3v) is 3.10. The number of rotatable bonds is 6. The maximum Gasteiger partial charge on any atom is 0.341 e. The van der Waals surface area contributed by atoms with Gasteiger partial charge in [0.25, 0.3) is 5.91 Å². The van der Waals surface area contributed by atoms with E-state index in [2.05, 4.69) is 10.1 Å². The van der Waals surface area contributed by atoms with Crippen LogP contribution in [0.5, 0.6) is 11.5 Å². The van der Waals surface area contributed by atoms with E-state index >= 15 is 0 Å². The van der Waals surface area contributed by atoms with Gasteiger partial charge in [0.1, 0.15) is 28.7 Å². The van der Waals surface area contributed by atoms with Gasteiger partial charge in [0.05, 0.1) is 14.2 Å². The summed E-state index contributed by atoms with van der Waals surface area (Å²) in [6.07, 6.45) is 0. The predicted molar refractivity (Wildman–Crippen MR) is 84.8 cm³/mol. The molecule has 0 aliphatic carbocycles. The van der Waals surface area contributed by atoms with Crippen LogP contribution in [0.2, 0.25) is 0 Å². The van der Waals surface area contributed by atoms with Crippen molar-refractivity contribution < 1.29 is 32.6 Å². The number of amides is 1. The highest BCUT2D eigenvalue weighted by atomic mass is 19.1. The quantitative estimate of drug-likeness (QED) is 0.810. The lowest BCUT2D eigenvalue weighted by Crippen LogP contribution is -2.21. The van der Waals surface area contributed by atoms with Gasteiger partial charge in [-0.1, -0.05) is 0 Å². The first-order chi connectivity index (χ1) is 11.9. The van der Waals surface area contributed by atoms with E-state index in [0.717, 1.165) is 12.1 Å². The summed E-state index contributed by atoms with van der Waals surface area (Å²) in [6.45, 7) is -0.491. The molecule has 2 aromatic rings. The van der Waals surface area contributed by atoms with Gasteiger partial charge in [-0.3, -0.25) is 4.79 Å². The van der Waals surface area contributed by atoms with Crippen LogP contribution in [0.1, 0.15) is 10.4 Å². The molecule has 0 saturated heterocycles. The summed E-state index contributed by atoms with van der Waals surface area (Å²) in [5.41, 5.74) is 0.0535. The summed E-state index contributed by atoms with van der Waals surface area (Å²) in [4.78, 5) is 23.6. The fourth-order valence-electron chi connectivity index (χ4n) is 1.99. The molecule has 0 atom stereocenters. The maximum atomic E-state index is 13.1. The topological polar surface area (TPSA) is 73.9 Å². The number of esters is 1. The minimum atomic E-state index is -0.822. The van der Waals surface area contributed by atoms with E-state index in [1.807, 2.05) is 0 Å². The largest absolute Gasteiger partial charge is 0.497 e. The number of halogens is 2. The molecule has 0 saturated carbocycles. The van der Waals surface area contributed by atoms with Crippen LogP contribution in [-0.4, -0.2) is 32.7 Å². The number of nitrogens with one attached hydrogen (secondary N) is 1. The van der Waals surface area contributed by atoms with Crippen molar-refractivity contribution in [2.24, 2.45) is 0 Å². The van der Waals surface area contributed by atoms with Crippen LogP contribution < -0.4 is 14.8 Å². The van der Waals surface area contributed by atoms with Gasteiger partial charge in [-0.25, -0.2) is 13.6 Å². The van der Waals surface area contributed by atoms with E-state index in [0.29, 0.717) is 11.8 Å². The molecule has 0 radical (unpaired) electrons. The fourth-order valence-corrected chi connectivity index (χ4v) is 1.99. The Hall–Kier alpha value is -3.16. The first kappa shape index (κ1) is 18.2. The first-order valence-electron chi connectivity index (χ1n) is 7.08. The Morgan fingerprint density at radius 1 is 1.04 bits per heavy atom. The summed E-state index contributed by atoms with van der Waals surface area (Å²) >= 11 is 0. The number of benzene rings is 2. The van der Waals surface area contributed by atoms with E-state index < -0.39 is 30.1 Å². The lowest BCUT2D eigenvalue weighted by Gasteiger charge is -2.12. The van der Waals surface area contributed by atoms with Crippen molar-refractivity contribution in [1.82, 2.24) is 0 Å². The summed E-state index contributed by atoms with van der Waals surface area (Å²) in [5, 5.41) is 2.29. The third kappa shape index (κ3) is 4.90. The lowest BCUT2D eigenvalue weighted by molar-refractivity contribution is -0.118. The molecule has 0 aliphatic rings. The molecule has 0 aromatic heterocycles. The molecule has 2 aromatic carbocycles. The average Bonchev–Trinajstić information content (AvgIpc) is 2.58. The summed E-state index contributed by atoms with van der Waals surface area (Å²) in [6, 6.07) is 7.00. The smallest absolute Gasteiger partial charge is 0.341 e. The third-order valence-electron chi connectivity index (χ3n) is 3.10. The molecular weight excluding hydrogens is 336 g/mol. The zero-order chi connectivity index (χ0) is 18.4. The summed E-state index contributed by atoms with van der Waals surface area (Å²) in [7, 11) is 2.64. The van der Waals surface area contributed by atoms with Crippen LogP contribution in [0.25, 0.3) is 0 Å². The van der Waals surface area contributed by atoms with Gasteiger partial charge in [-0.15, -0.1) is 0 Å². The maximum absolute atomic E-state index is 13.1. The molecule has 0 unspecified atom stereocenters. The van der Waals surface area contributed by atoms with Gasteiger partial charge >= 0.3 is 5.97 Å². The van der Waals surface area contributed by atoms with Gasteiger partial charge < -0.3 is 19.5 Å². The Labute approximate surface area is 142 Å². The molecule has 0 heterocycles. The molecule has 25 heavy (non-hydrogen) atoms. The van der Waals surface area contributed by atoms with E-state index in [-0.39, 0.29) is 17.0 Å². The molecular formula is C17H15F2NO5. The van der Waals surface area contributed by atoms with Gasteiger partial charge in [0.2, 0.25) is 0 Å². The Kier molecular flexibility index (Phi) is 5.89. The van der Waals surface area contributed by atoms with E-state index in [4.69, 9.17) is 9.47 Å². The van der Waals surface area contributed by atoms with Crippen LogP contribution in [0, 0.1) is 11.6 Å². The fraction of sp³-hybridized carbons (Fsp3) is 0.176. The van der Waals surface area contributed by atoms with Crippen molar-refractivity contribution in [3.63, 3.8) is 0 Å². The monoisotopic (exact) mass is 351 g/mol. The highest BCUT2D eigenvalue weighted by Crippen LogP contribution is 2.25. The second-order valence-corrected chi connectivity index (χ2v) is 4.85. The molecule has 0 aliphatic heterocycles. The number of hydrogen-bond acceptors (Lipinski definition) is 5. The van der Waals surface area contributed by atoms with Crippen molar-refractivity contribution in [3.8, 4) is 11.5 Å². The van der Waals surface area contributed by atoms with E-state index in [1.165, 1.54) is 32.4 Å². The Balaban J connectivity index is 2.09. The minimum absolute atomic E-state index is 0.0510. The molecule has 1 N–H and O–H groups in total. The highest BCUT2D eigenvalue weighted by Gasteiger charge is 2.15. The molecule has 0 bridgehead atoms. The van der Waals surface area contributed by atoms with Gasteiger partial charge in [-0.2, -0.15) is 0 Å². The van der Waals surface area contributed by atoms with Gasteiger partial charge in [0, 0.05) is 17.8 Å². The number of ether oxygens (including phenoxy) is 3. The van der Waals surface area contributed by atoms with E-state index in [9.17, 15) is 18.4 Å². The van der Waals surface area contributed by atoms with Gasteiger partial charge in [-0.05, 0) is 24.3 Å². The van der Waals surface area contributed by atoms with Crippen LogP contribution >= 0.6 is 0 Å². The second-order valence-electron chi connectivity index (χ2n) is 4.85. The van der Waals surface area contributed by atoms with Crippen LogP contribution in [0.3, 0.4) is 0 Å². The average molecular weight is 351 g/mol. The number of hydrogen-bond donors (Lipinski definition) is 1. The van der Waals surface area contributed by atoms with E-state index in [1.54, 1.807) is 0 Å². The molecule has 1 amide bonds. The van der Waals surface area contributed by atoms with Crippen LogP contribution in [0.4, 0.5) is 14.5 Å². The number of carbonyl (C=O) groups excluding carboxylic acids is 2. The minimum Gasteiger partial charge on any atom is -0.497 e. The number of methoxy groups -OCH3 is 2. The summed E-state index contributed by atoms with van der Waals surface area (Å²) in [5.74, 6) is -2.47. The normalized spacial score (nSPS) is 10.1. The van der Waals surface area contributed by atoms with Crippen LogP contribution in [0.15, 0.2) is 36.4 Å². The van der Waals surface area contributed by atoms with Crippen LogP contribution in [-0.2, 0) is 9.53 Å². The summed E-state index contributed by atoms with van der Waals surface area (Å²) < 4.78 is 41.2. The molecule has 0 fully saturated rings. The lowest BCUT2D eigenvalue weighted by atomic mass is 10.2. The zero-order valence-corrected chi connectivity index (χ0v) is 13.5. The number of carbonyl (C=O) groups is 2. The molecule has 2 rings (SSSR count). The Morgan fingerprint density at radius 2 is 1.72 bits per heavy atom. The van der Waals surface area contributed by atoms with Crippen molar-refractivity contribution in [2.75, 3.05) is 26.1 Å². The first-order valence-corrected chi connectivity index (χ1v) is 7.08. The van der Waals surface area contributed by atoms with Gasteiger partial charge in [0.15, 0.2) is 6.61 Å². The highest BCUT2D eigenvalue weighted by molar-refractivity contribution is 5.94. The second kappa shape index (κ2) is 8.09. The van der Waals surface area contributed by atoms with Crippen molar-refractivity contribution in [2.45, 2.75) is 0 Å².